The number of nitrogens with zero attached hydrogens (tertiary/aromatic N) is 2. The monoisotopic (exact) mass is 471 g/mol. The Hall–Kier alpha value is -4.33. The topological polar surface area (TPSA) is 88.2 Å². The molecule has 2 aliphatic rings. The SMILES string of the molecule is COc1ccc2c(c1OC)C(=O)N1c3ccccc3C(=O)N(CC(=O)NCCc3ccccc3)[C@H]21. The van der Waals surface area contributed by atoms with E-state index in [9.17, 15) is 14.4 Å². The molecule has 178 valence electrons. The summed E-state index contributed by atoms with van der Waals surface area (Å²) in [6, 6.07) is 20.2. The van der Waals surface area contributed by atoms with Crippen molar-refractivity contribution in [3.63, 3.8) is 0 Å². The Morgan fingerprint density at radius 3 is 2.40 bits per heavy atom. The average molecular weight is 472 g/mol. The molecule has 0 unspecified atom stereocenters. The second kappa shape index (κ2) is 9.13. The van der Waals surface area contributed by atoms with Crippen molar-refractivity contribution in [3.05, 3.63) is 89.0 Å². The van der Waals surface area contributed by atoms with Crippen LogP contribution in [0.1, 0.15) is 38.0 Å². The number of amides is 3. The average Bonchev–Trinajstić information content (AvgIpc) is 3.19. The fourth-order valence-electron chi connectivity index (χ4n) is 4.79. The Labute approximate surface area is 203 Å². The van der Waals surface area contributed by atoms with Gasteiger partial charge in [-0.2, -0.15) is 0 Å². The van der Waals surface area contributed by atoms with Crippen LogP contribution in [-0.4, -0.2) is 49.9 Å². The first-order valence-electron chi connectivity index (χ1n) is 11.3. The number of para-hydroxylation sites is 1. The summed E-state index contributed by atoms with van der Waals surface area (Å²) in [5, 5.41) is 2.90. The van der Waals surface area contributed by atoms with E-state index >= 15 is 0 Å². The molecule has 3 aromatic rings. The molecule has 0 aromatic heterocycles. The van der Waals surface area contributed by atoms with Gasteiger partial charge in [0.25, 0.3) is 11.8 Å². The second-order valence-electron chi connectivity index (χ2n) is 8.35. The number of hydrogen-bond donors (Lipinski definition) is 1. The largest absolute Gasteiger partial charge is 0.493 e. The van der Waals surface area contributed by atoms with E-state index in [1.807, 2.05) is 30.3 Å². The van der Waals surface area contributed by atoms with Crippen molar-refractivity contribution < 1.29 is 23.9 Å². The third-order valence-electron chi connectivity index (χ3n) is 6.38. The molecular weight excluding hydrogens is 446 g/mol. The number of fused-ring (bicyclic) bond motifs is 5. The highest BCUT2D eigenvalue weighted by Gasteiger charge is 2.50. The fourth-order valence-corrected chi connectivity index (χ4v) is 4.79. The van der Waals surface area contributed by atoms with Crippen molar-refractivity contribution >= 4 is 23.4 Å². The molecule has 0 saturated heterocycles. The number of rotatable bonds is 7. The van der Waals surface area contributed by atoms with Crippen LogP contribution in [0.15, 0.2) is 66.7 Å². The van der Waals surface area contributed by atoms with Crippen molar-refractivity contribution in [2.45, 2.75) is 12.6 Å². The van der Waals surface area contributed by atoms with Crippen LogP contribution < -0.4 is 19.7 Å². The Balaban J connectivity index is 1.47. The normalized spacial score (nSPS) is 15.9. The molecule has 2 heterocycles. The van der Waals surface area contributed by atoms with Gasteiger partial charge in [0.1, 0.15) is 12.7 Å². The number of carbonyl (C=O) groups is 3. The lowest BCUT2D eigenvalue weighted by atomic mass is 10.0. The minimum atomic E-state index is -0.764. The van der Waals surface area contributed by atoms with Crippen LogP contribution >= 0.6 is 0 Å². The first kappa shape index (κ1) is 22.5. The second-order valence-corrected chi connectivity index (χ2v) is 8.35. The van der Waals surface area contributed by atoms with E-state index in [1.165, 1.54) is 19.1 Å². The van der Waals surface area contributed by atoms with Gasteiger partial charge in [-0.25, -0.2) is 0 Å². The zero-order valence-corrected chi connectivity index (χ0v) is 19.5. The van der Waals surface area contributed by atoms with Crippen molar-refractivity contribution in [2.75, 3.05) is 32.2 Å². The summed E-state index contributed by atoms with van der Waals surface area (Å²) in [7, 11) is 2.97. The van der Waals surface area contributed by atoms with Crippen LogP contribution in [0.5, 0.6) is 11.5 Å². The highest BCUT2D eigenvalue weighted by Crippen LogP contribution is 2.49. The first-order valence-corrected chi connectivity index (χ1v) is 11.3. The lowest BCUT2D eigenvalue weighted by Gasteiger charge is -2.40. The van der Waals surface area contributed by atoms with Gasteiger partial charge in [0.05, 0.1) is 31.0 Å². The molecule has 2 aliphatic heterocycles. The number of methoxy groups -OCH3 is 2. The van der Waals surface area contributed by atoms with Crippen molar-refractivity contribution in [3.8, 4) is 11.5 Å². The Kier molecular flexibility index (Phi) is 5.86. The third kappa shape index (κ3) is 3.77. The van der Waals surface area contributed by atoms with Gasteiger partial charge >= 0.3 is 0 Å². The molecular formula is C27H25N3O5. The summed E-state index contributed by atoms with van der Waals surface area (Å²) in [4.78, 5) is 43.1. The zero-order chi connectivity index (χ0) is 24.5. The highest BCUT2D eigenvalue weighted by atomic mass is 16.5. The zero-order valence-electron chi connectivity index (χ0n) is 19.5. The molecule has 1 N–H and O–H groups in total. The lowest BCUT2D eigenvalue weighted by molar-refractivity contribution is -0.122. The standard InChI is InChI=1S/C27H25N3O5/c1-34-21-13-12-19-23(24(21)35-2)27(33)30-20-11-7-6-10-18(20)26(32)29(25(19)30)16-22(31)28-15-14-17-8-4-3-5-9-17/h3-13,25H,14-16H2,1-2H3,(H,28,31)/t25-/m0/s1. The first-order chi connectivity index (χ1) is 17.0. The summed E-state index contributed by atoms with van der Waals surface area (Å²) in [5.74, 6) is -0.188. The molecule has 0 aliphatic carbocycles. The van der Waals surface area contributed by atoms with Crippen LogP contribution in [0.25, 0.3) is 0 Å². The number of benzene rings is 3. The van der Waals surface area contributed by atoms with Crippen molar-refractivity contribution in [2.24, 2.45) is 0 Å². The van der Waals surface area contributed by atoms with E-state index < -0.39 is 6.17 Å². The quantitative estimate of drug-likeness (QED) is 0.572. The summed E-state index contributed by atoms with van der Waals surface area (Å²) in [6.07, 6.45) is -0.0865. The minimum absolute atomic E-state index is 0.190. The fraction of sp³-hybridized carbons (Fsp3) is 0.222. The van der Waals surface area contributed by atoms with Crippen molar-refractivity contribution in [1.29, 1.82) is 0 Å². The maximum absolute atomic E-state index is 13.7. The maximum Gasteiger partial charge on any atom is 0.264 e. The van der Waals surface area contributed by atoms with Crippen LogP contribution in [-0.2, 0) is 11.2 Å². The van der Waals surface area contributed by atoms with E-state index in [-0.39, 0.29) is 24.3 Å². The highest BCUT2D eigenvalue weighted by molar-refractivity contribution is 6.18. The molecule has 0 saturated carbocycles. The maximum atomic E-state index is 13.7. The molecule has 0 spiro atoms. The van der Waals surface area contributed by atoms with Crippen LogP contribution in [0.3, 0.4) is 0 Å². The predicted octanol–water partition coefficient (Wildman–Crippen LogP) is 3.18. The van der Waals surface area contributed by atoms with Gasteiger partial charge in [0.15, 0.2) is 11.5 Å². The van der Waals surface area contributed by atoms with Gasteiger partial charge in [-0.15, -0.1) is 0 Å². The smallest absolute Gasteiger partial charge is 0.264 e. The number of nitrogens with one attached hydrogen (secondary N) is 1. The van der Waals surface area contributed by atoms with Gasteiger partial charge in [-0.05, 0) is 30.2 Å². The summed E-state index contributed by atoms with van der Waals surface area (Å²) >= 11 is 0. The minimum Gasteiger partial charge on any atom is -0.493 e. The molecule has 0 bridgehead atoms. The van der Waals surface area contributed by atoms with Crippen molar-refractivity contribution in [1.82, 2.24) is 10.2 Å². The molecule has 3 amide bonds. The molecule has 0 radical (unpaired) electrons. The molecule has 8 nitrogen and oxygen atoms in total. The number of hydrogen-bond acceptors (Lipinski definition) is 5. The molecule has 1 atom stereocenters. The van der Waals surface area contributed by atoms with Gasteiger partial charge in [0.2, 0.25) is 5.91 Å². The van der Waals surface area contributed by atoms with Crippen LogP contribution in [0.4, 0.5) is 5.69 Å². The Morgan fingerprint density at radius 1 is 0.914 bits per heavy atom. The van der Waals surface area contributed by atoms with Gasteiger partial charge in [0, 0.05) is 12.1 Å². The van der Waals surface area contributed by atoms with E-state index in [0.29, 0.717) is 46.8 Å². The van der Waals surface area contributed by atoms with E-state index in [4.69, 9.17) is 9.47 Å². The molecule has 8 heteroatoms. The summed E-state index contributed by atoms with van der Waals surface area (Å²) in [6.45, 7) is 0.251. The number of carbonyl (C=O) groups excluding carboxylic acids is 3. The third-order valence-corrected chi connectivity index (χ3v) is 6.38. The summed E-state index contributed by atoms with van der Waals surface area (Å²) in [5.41, 5.74) is 2.90. The Morgan fingerprint density at radius 2 is 1.66 bits per heavy atom. The van der Waals surface area contributed by atoms with Gasteiger partial charge < -0.3 is 19.7 Å². The molecule has 0 fully saturated rings. The predicted molar refractivity (Wildman–Crippen MR) is 130 cm³/mol. The number of anilines is 1. The van der Waals surface area contributed by atoms with Crippen LogP contribution in [0, 0.1) is 0 Å². The molecule has 3 aromatic carbocycles. The summed E-state index contributed by atoms with van der Waals surface area (Å²) < 4.78 is 10.9. The van der Waals surface area contributed by atoms with E-state index in [0.717, 1.165) is 5.56 Å². The van der Waals surface area contributed by atoms with Crippen LogP contribution in [0.2, 0.25) is 0 Å². The lowest BCUT2D eigenvalue weighted by Crippen LogP contribution is -2.51. The Bertz CT molecular complexity index is 1310. The number of ether oxygens (including phenoxy) is 2. The van der Waals surface area contributed by atoms with E-state index in [2.05, 4.69) is 5.32 Å². The molecule has 35 heavy (non-hydrogen) atoms. The van der Waals surface area contributed by atoms with Gasteiger partial charge in [-0.3, -0.25) is 19.3 Å². The van der Waals surface area contributed by atoms with E-state index in [1.54, 1.807) is 41.3 Å². The molecule has 5 rings (SSSR count). The van der Waals surface area contributed by atoms with Gasteiger partial charge in [-0.1, -0.05) is 48.5 Å².